The topological polar surface area (TPSA) is 69.8 Å². The molecule has 2 heterocycles. The van der Waals surface area contributed by atoms with E-state index >= 15 is 0 Å². The van der Waals surface area contributed by atoms with E-state index in [1.807, 2.05) is 12.1 Å². The lowest BCUT2D eigenvalue weighted by atomic mass is 10.1. The number of rotatable bonds is 3. The quantitative estimate of drug-likeness (QED) is 0.802. The molecule has 0 fully saturated rings. The molecule has 3 aromatic rings. The maximum atomic E-state index is 12.5. The fourth-order valence-corrected chi connectivity index (χ4v) is 2.76. The average Bonchev–Trinajstić information content (AvgIpc) is 3.07. The first-order valence-electron chi connectivity index (χ1n) is 7.38. The number of fused-ring (bicyclic) bond motifs is 2. The molecule has 0 saturated carbocycles. The number of aromatic nitrogens is 1. The van der Waals surface area contributed by atoms with Gasteiger partial charge in [-0.25, -0.2) is 0 Å². The van der Waals surface area contributed by atoms with Crippen LogP contribution in [-0.4, -0.2) is 26.0 Å². The first-order valence-corrected chi connectivity index (χ1v) is 7.38. The van der Waals surface area contributed by atoms with E-state index in [4.69, 9.17) is 18.9 Å². The van der Waals surface area contributed by atoms with Gasteiger partial charge in [-0.05, 0) is 18.2 Å². The highest BCUT2D eigenvalue weighted by atomic mass is 16.7. The second-order valence-electron chi connectivity index (χ2n) is 5.40. The predicted octanol–water partition coefficient (Wildman–Crippen LogP) is 2.94. The molecule has 0 spiro atoms. The number of benzene rings is 2. The zero-order chi connectivity index (χ0) is 16.7. The molecular formula is C18H15NO5. The lowest BCUT2D eigenvalue weighted by Gasteiger charge is -2.10. The molecule has 1 aliphatic rings. The van der Waals surface area contributed by atoms with E-state index < -0.39 is 0 Å². The standard InChI is InChI=1S/C18H15NO5/c1-21-11-3-10(4-12(5-11)22-2)14-7-16(20)13-6-17-18(24-9-23-17)8-15(13)19-14/h3-8H,9H2,1-2H3,(H,19,20). The van der Waals surface area contributed by atoms with Gasteiger partial charge in [-0.1, -0.05) is 0 Å². The number of ether oxygens (including phenoxy) is 4. The van der Waals surface area contributed by atoms with Gasteiger partial charge in [0.15, 0.2) is 16.9 Å². The number of pyridine rings is 1. The zero-order valence-corrected chi connectivity index (χ0v) is 13.2. The molecule has 122 valence electrons. The second kappa shape index (κ2) is 5.49. The molecule has 0 bridgehead atoms. The van der Waals surface area contributed by atoms with E-state index in [0.29, 0.717) is 39.6 Å². The normalized spacial score (nSPS) is 12.4. The monoisotopic (exact) mass is 325 g/mol. The molecule has 24 heavy (non-hydrogen) atoms. The minimum atomic E-state index is -0.0983. The number of hydrogen-bond acceptors (Lipinski definition) is 5. The minimum Gasteiger partial charge on any atom is -0.497 e. The van der Waals surface area contributed by atoms with E-state index in [9.17, 15) is 4.79 Å². The first kappa shape index (κ1) is 14.4. The van der Waals surface area contributed by atoms with Crippen LogP contribution in [0.2, 0.25) is 0 Å². The van der Waals surface area contributed by atoms with E-state index in [1.54, 1.807) is 38.5 Å². The third-order valence-corrected chi connectivity index (χ3v) is 3.99. The van der Waals surface area contributed by atoms with E-state index in [-0.39, 0.29) is 12.2 Å². The molecule has 0 radical (unpaired) electrons. The van der Waals surface area contributed by atoms with Crippen molar-refractivity contribution in [3.05, 3.63) is 46.6 Å². The highest BCUT2D eigenvalue weighted by Crippen LogP contribution is 2.35. The van der Waals surface area contributed by atoms with Crippen molar-refractivity contribution in [1.82, 2.24) is 4.98 Å². The molecule has 0 unspecified atom stereocenters. The van der Waals surface area contributed by atoms with Gasteiger partial charge in [0.1, 0.15) is 11.5 Å². The number of H-pyrrole nitrogens is 1. The number of hydrogen-bond donors (Lipinski definition) is 1. The summed E-state index contributed by atoms with van der Waals surface area (Å²) in [6.45, 7) is 0.166. The van der Waals surface area contributed by atoms with Crippen LogP contribution < -0.4 is 24.4 Å². The van der Waals surface area contributed by atoms with Crippen molar-refractivity contribution in [2.75, 3.05) is 21.0 Å². The summed E-state index contributed by atoms with van der Waals surface area (Å²) in [5, 5.41) is 0.554. The van der Waals surface area contributed by atoms with Gasteiger partial charge in [-0.15, -0.1) is 0 Å². The Morgan fingerprint density at radius 1 is 0.917 bits per heavy atom. The lowest BCUT2D eigenvalue weighted by molar-refractivity contribution is 0.174. The van der Waals surface area contributed by atoms with Crippen molar-refractivity contribution in [2.45, 2.75) is 0 Å². The summed E-state index contributed by atoms with van der Waals surface area (Å²) >= 11 is 0. The van der Waals surface area contributed by atoms with E-state index in [1.165, 1.54) is 0 Å². The van der Waals surface area contributed by atoms with Gasteiger partial charge in [0, 0.05) is 34.8 Å². The van der Waals surface area contributed by atoms with Crippen molar-refractivity contribution >= 4 is 10.9 Å². The van der Waals surface area contributed by atoms with E-state index in [0.717, 1.165) is 5.56 Å². The van der Waals surface area contributed by atoms with Crippen molar-refractivity contribution in [2.24, 2.45) is 0 Å². The lowest BCUT2D eigenvalue weighted by Crippen LogP contribution is -2.03. The minimum absolute atomic E-state index is 0.0983. The summed E-state index contributed by atoms with van der Waals surface area (Å²) in [6.07, 6.45) is 0. The molecule has 4 rings (SSSR count). The van der Waals surface area contributed by atoms with Crippen LogP contribution in [0.4, 0.5) is 0 Å². The molecule has 0 saturated heterocycles. The smallest absolute Gasteiger partial charge is 0.231 e. The molecule has 1 aromatic heterocycles. The van der Waals surface area contributed by atoms with Gasteiger partial charge in [-0.2, -0.15) is 0 Å². The number of methoxy groups -OCH3 is 2. The number of aromatic amines is 1. The molecule has 6 heteroatoms. The van der Waals surface area contributed by atoms with Crippen LogP contribution in [0.25, 0.3) is 22.2 Å². The molecule has 6 nitrogen and oxygen atoms in total. The van der Waals surface area contributed by atoms with Gasteiger partial charge >= 0.3 is 0 Å². The summed E-state index contributed by atoms with van der Waals surface area (Å²) in [7, 11) is 3.17. The maximum Gasteiger partial charge on any atom is 0.231 e. The predicted molar refractivity (Wildman–Crippen MR) is 89.2 cm³/mol. The fraction of sp³-hybridized carbons (Fsp3) is 0.167. The van der Waals surface area contributed by atoms with Crippen molar-refractivity contribution in [3.63, 3.8) is 0 Å². The van der Waals surface area contributed by atoms with Gasteiger partial charge in [-0.3, -0.25) is 4.79 Å². The number of nitrogens with one attached hydrogen (secondary N) is 1. The molecule has 0 amide bonds. The van der Waals surface area contributed by atoms with Gasteiger partial charge < -0.3 is 23.9 Å². The molecule has 0 atom stereocenters. The summed E-state index contributed by atoms with van der Waals surface area (Å²) < 4.78 is 21.3. The van der Waals surface area contributed by atoms with Gasteiger partial charge in [0.05, 0.1) is 19.7 Å². The Morgan fingerprint density at radius 3 is 2.25 bits per heavy atom. The fourth-order valence-electron chi connectivity index (χ4n) is 2.76. The summed E-state index contributed by atoms with van der Waals surface area (Å²) in [6, 6.07) is 10.5. The first-order chi connectivity index (χ1) is 11.7. The Labute approximate surface area is 137 Å². The Morgan fingerprint density at radius 2 is 1.58 bits per heavy atom. The van der Waals surface area contributed by atoms with Crippen LogP contribution in [0.5, 0.6) is 23.0 Å². The van der Waals surface area contributed by atoms with Crippen LogP contribution in [0.15, 0.2) is 41.2 Å². The van der Waals surface area contributed by atoms with Crippen LogP contribution in [0.1, 0.15) is 0 Å². The third kappa shape index (κ3) is 2.32. The van der Waals surface area contributed by atoms with Crippen molar-refractivity contribution in [1.29, 1.82) is 0 Å². The summed E-state index contributed by atoms with van der Waals surface area (Å²) in [5.41, 5.74) is 2.05. The SMILES string of the molecule is COc1cc(OC)cc(-c2cc(=O)c3cc4c(cc3[nH]2)OCO4)c1. The summed E-state index contributed by atoms with van der Waals surface area (Å²) in [5.74, 6) is 2.51. The molecule has 0 aliphatic carbocycles. The Bertz CT molecular complexity index is 970. The average molecular weight is 325 g/mol. The second-order valence-corrected chi connectivity index (χ2v) is 5.40. The Hall–Kier alpha value is -3.15. The van der Waals surface area contributed by atoms with Crippen LogP contribution >= 0.6 is 0 Å². The highest BCUT2D eigenvalue weighted by Gasteiger charge is 2.16. The summed E-state index contributed by atoms with van der Waals surface area (Å²) in [4.78, 5) is 15.8. The Balaban J connectivity index is 1.92. The molecule has 2 aromatic carbocycles. The Kier molecular flexibility index (Phi) is 3.30. The van der Waals surface area contributed by atoms with Crippen molar-refractivity contribution < 1.29 is 18.9 Å². The van der Waals surface area contributed by atoms with E-state index in [2.05, 4.69) is 4.98 Å². The zero-order valence-electron chi connectivity index (χ0n) is 13.2. The van der Waals surface area contributed by atoms with Crippen LogP contribution in [0.3, 0.4) is 0 Å². The van der Waals surface area contributed by atoms with Gasteiger partial charge in [0.2, 0.25) is 6.79 Å². The molecular weight excluding hydrogens is 310 g/mol. The van der Waals surface area contributed by atoms with Crippen LogP contribution in [-0.2, 0) is 0 Å². The third-order valence-electron chi connectivity index (χ3n) is 3.99. The van der Waals surface area contributed by atoms with Crippen molar-refractivity contribution in [3.8, 4) is 34.3 Å². The molecule has 1 N–H and O–H groups in total. The molecule has 1 aliphatic heterocycles. The largest absolute Gasteiger partial charge is 0.497 e. The maximum absolute atomic E-state index is 12.5. The van der Waals surface area contributed by atoms with Gasteiger partial charge in [0.25, 0.3) is 0 Å². The van der Waals surface area contributed by atoms with Crippen LogP contribution in [0, 0.1) is 0 Å². The highest BCUT2D eigenvalue weighted by molar-refractivity contribution is 5.85.